The first-order chi connectivity index (χ1) is 26.7. The molecule has 0 saturated heterocycles. The highest BCUT2D eigenvalue weighted by Gasteiger charge is 2.58. The second kappa shape index (κ2) is 11.4. The largest absolute Gasteiger partial charge is 0.421 e. The van der Waals surface area contributed by atoms with Crippen LogP contribution < -0.4 is 30.2 Å². The predicted octanol–water partition coefficient (Wildman–Crippen LogP) is 10.7. The fourth-order valence-corrected chi connectivity index (χ4v) is 11.3. The Morgan fingerprint density at radius 2 is 0.764 bits per heavy atom. The molecule has 0 radical (unpaired) electrons. The average molecular weight is 737 g/mol. The van der Waals surface area contributed by atoms with E-state index in [1.54, 1.807) is 35.6 Å². The summed E-state index contributed by atoms with van der Waals surface area (Å²) in [6, 6.07) is 49.0. The van der Waals surface area contributed by atoms with Gasteiger partial charge in [-0.2, -0.15) is 0 Å². The van der Waals surface area contributed by atoms with Crippen LogP contribution in [-0.2, 0) is 10.8 Å². The Morgan fingerprint density at radius 1 is 0.418 bits per heavy atom. The van der Waals surface area contributed by atoms with Gasteiger partial charge in [0.2, 0.25) is 0 Å². The lowest BCUT2D eigenvalue weighted by atomic mass is 9.60. The second-order valence-corrected chi connectivity index (χ2v) is 17.0. The Bertz CT molecular complexity index is 2510. The Morgan fingerprint density at radius 3 is 1.16 bits per heavy atom. The van der Waals surface area contributed by atoms with Crippen LogP contribution in [0, 0.1) is 11.6 Å². The number of nitrogens with zero attached hydrogens (tertiary/aromatic N) is 4. The molecule has 0 amide bonds. The molecule has 0 fully saturated rings. The SMILES string of the molecule is CC1(C)c2ccccc2B2N(c3ccccc31)c1sc3c(c1N2c1ccc(F)cc1)N(c1ccc(F)cc1)B1c2ccccc2C(C)(C)c2ccccc2N13. The van der Waals surface area contributed by atoms with Crippen LogP contribution in [0.15, 0.2) is 146 Å². The second-order valence-electron chi connectivity index (χ2n) is 16.0. The van der Waals surface area contributed by atoms with Gasteiger partial charge in [-0.1, -0.05) is 124 Å². The van der Waals surface area contributed by atoms with E-state index in [2.05, 4.69) is 144 Å². The first-order valence-electron chi connectivity index (χ1n) is 18.9. The summed E-state index contributed by atoms with van der Waals surface area (Å²) in [6.45, 7) is 8.75. The Kier molecular flexibility index (Phi) is 6.74. The number of fused-ring (bicyclic) bond motifs is 15. The molecule has 4 aliphatic heterocycles. The highest BCUT2D eigenvalue weighted by Crippen LogP contribution is 2.66. The molecule has 7 aromatic rings. The predicted molar refractivity (Wildman–Crippen MR) is 226 cm³/mol. The molecule has 4 nitrogen and oxygen atoms in total. The van der Waals surface area contributed by atoms with Gasteiger partial charge in [0.05, 0.1) is 11.4 Å². The van der Waals surface area contributed by atoms with Crippen molar-refractivity contribution >= 4 is 80.4 Å². The van der Waals surface area contributed by atoms with E-state index in [1.807, 2.05) is 24.3 Å². The van der Waals surface area contributed by atoms with E-state index >= 15 is 0 Å². The molecule has 0 unspecified atom stereocenters. The number of rotatable bonds is 2. The minimum absolute atomic E-state index is 0.259. The third-order valence-electron chi connectivity index (χ3n) is 12.4. The molecule has 0 spiro atoms. The third-order valence-corrected chi connectivity index (χ3v) is 13.6. The molecule has 0 N–H and O–H groups in total. The van der Waals surface area contributed by atoms with Crippen molar-refractivity contribution in [1.82, 2.24) is 0 Å². The molecule has 0 bridgehead atoms. The Hall–Kier alpha value is -5.79. The van der Waals surface area contributed by atoms with E-state index < -0.39 is 0 Å². The summed E-state index contributed by atoms with van der Waals surface area (Å²) in [4.78, 5) is 9.88. The van der Waals surface area contributed by atoms with Crippen LogP contribution >= 0.6 is 11.3 Å². The van der Waals surface area contributed by atoms with Crippen molar-refractivity contribution in [3.8, 4) is 0 Å². The maximum atomic E-state index is 14.8. The molecule has 1 aromatic heterocycles. The van der Waals surface area contributed by atoms with E-state index in [0.29, 0.717) is 0 Å². The van der Waals surface area contributed by atoms with Crippen molar-refractivity contribution in [2.75, 3.05) is 19.2 Å². The first-order valence-corrected chi connectivity index (χ1v) is 19.7. The summed E-state index contributed by atoms with van der Waals surface area (Å²) >= 11 is 1.80. The van der Waals surface area contributed by atoms with Crippen molar-refractivity contribution in [1.29, 1.82) is 0 Å². The molecule has 55 heavy (non-hydrogen) atoms. The zero-order valence-electron chi connectivity index (χ0n) is 31.0. The van der Waals surface area contributed by atoms with Gasteiger partial charge in [-0.05, 0) is 93.8 Å². The van der Waals surface area contributed by atoms with Gasteiger partial charge in [-0.3, -0.25) is 0 Å². The van der Waals surface area contributed by atoms with E-state index in [9.17, 15) is 8.78 Å². The van der Waals surface area contributed by atoms with Crippen LogP contribution in [0.2, 0.25) is 0 Å². The van der Waals surface area contributed by atoms with Gasteiger partial charge < -0.3 is 19.2 Å². The lowest BCUT2D eigenvalue weighted by molar-refractivity contribution is 0.627. The number of benzene rings is 6. The van der Waals surface area contributed by atoms with Crippen LogP contribution in [0.5, 0.6) is 0 Å². The number of thiophene rings is 1. The van der Waals surface area contributed by atoms with E-state index in [4.69, 9.17) is 0 Å². The lowest BCUT2D eigenvalue weighted by Gasteiger charge is -2.33. The van der Waals surface area contributed by atoms with Crippen molar-refractivity contribution in [2.45, 2.75) is 38.5 Å². The molecule has 11 rings (SSSR count). The van der Waals surface area contributed by atoms with Gasteiger partial charge in [0.15, 0.2) is 0 Å². The summed E-state index contributed by atoms with van der Waals surface area (Å²) in [6.07, 6.45) is 0. The van der Waals surface area contributed by atoms with Crippen molar-refractivity contribution in [3.63, 3.8) is 0 Å². The number of para-hydroxylation sites is 2. The molecule has 9 heteroatoms. The van der Waals surface area contributed by atoms with Crippen molar-refractivity contribution in [2.24, 2.45) is 0 Å². The maximum absolute atomic E-state index is 14.8. The van der Waals surface area contributed by atoms with Crippen LogP contribution in [0.25, 0.3) is 0 Å². The molecular formula is C46H36B2F2N4S. The fraction of sp³-hybridized carbons (Fsp3) is 0.130. The monoisotopic (exact) mass is 736 g/mol. The van der Waals surface area contributed by atoms with Gasteiger partial charge in [0, 0.05) is 33.6 Å². The van der Waals surface area contributed by atoms with E-state index in [-0.39, 0.29) is 36.4 Å². The number of halogens is 2. The number of hydrogen-bond donors (Lipinski definition) is 0. The Labute approximate surface area is 325 Å². The summed E-state index contributed by atoms with van der Waals surface area (Å²) in [7, 11) is 0. The zero-order valence-corrected chi connectivity index (χ0v) is 31.8. The number of hydrogen-bond acceptors (Lipinski definition) is 5. The molecule has 0 aliphatic carbocycles. The molecule has 266 valence electrons. The summed E-state index contributed by atoms with van der Waals surface area (Å²) < 4.78 is 29.6. The normalized spacial score (nSPS) is 16.6. The first kappa shape index (κ1) is 32.6. The molecule has 6 aromatic carbocycles. The summed E-state index contributed by atoms with van der Waals surface area (Å²) in [5.74, 6) is -0.555. The van der Waals surface area contributed by atoms with Gasteiger partial charge in [-0.15, -0.1) is 0 Å². The maximum Gasteiger partial charge on any atom is 0.421 e. The molecule has 5 heterocycles. The minimum Gasteiger partial charge on any atom is -0.357 e. The summed E-state index contributed by atoms with van der Waals surface area (Å²) in [5.41, 5.74) is 13.0. The minimum atomic E-state index is -0.295. The third kappa shape index (κ3) is 4.33. The topological polar surface area (TPSA) is 13.0 Å². The smallest absolute Gasteiger partial charge is 0.357 e. The van der Waals surface area contributed by atoms with Gasteiger partial charge >= 0.3 is 14.0 Å². The van der Waals surface area contributed by atoms with Gasteiger partial charge in [0.25, 0.3) is 0 Å². The van der Waals surface area contributed by atoms with Gasteiger partial charge in [0.1, 0.15) is 21.6 Å². The fourth-order valence-electron chi connectivity index (χ4n) is 9.93. The zero-order chi connectivity index (χ0) is 37.4. The molecular weight excluding hydrogens is 700 g/mol. The van der Waals surface area contributed by atoms with E-state index in [1.165, 1.54) is 33.2 Å². The highest BCUT2D eigenvalue weighted by molar-refractivity contribution is 7.25. The van der Waals surface area contributed by atoms with E-state index in [0.717, 1.165) is 44.1 Å². The van der Waals surface area contributed by atoms with Crippen LogP contribution in [0.3, 0.4) is 0 Å². The van der Waals surface area contributed by atoms with Crippen LogP contribution in [0.1, 0.15) is 49.9 Å². The van der Waals surface area contributed by atoms with Crippen LogP contribution in [0.4, 0.5) is 52.9 Å². The molecule has 0 atom stereocenters. The quantitative estimate of drug-likeness (QED) is 0.164. The van der Waals surface area contributed by atoms with Crippen LogP contribution in [-0.4, -0.2) is 14.0 Å². The van der Waals surface area contributed by atoms with Gasteiger partial charge in [-0.25, -0.2) is 8.78 Å². The summed E-state index contributed by atoms with van der Waals surface area (Å²) in [5, 5.41) is 2.22. The molecule has 0 saturated carbocycles. The van der Waals surface area contributed by atoms with Crippen molar-refractivity contribution < 1.29 is 8.78 Å². The average Bonchev–Trinajstić information content (AvgIpc) is 3.80. The standard InChI is InChI=1S/C46H36B2F2N4S/c1-45(2)33-13-5-9-17-37(33)47-51(31-25-21-29(49)22-26-31)41-42-44(55-43(41)53(47)39-19-11-7-15-35(39)45)54-40-20-12-8-16-36(40)46(3,4)34-14-6-10-18-38(34)48(54)52(42)32-27-23-30(50)24-28-32/h5-28H,1-4H3. The van der Waals surface area contributed by atoms with Crippen molar-refractivity contribution in [3.05, 3.63) is 179 Å². The number of anilines is 8. The Balaban J connectivity index is 1.28. The highest BCUT2D eigenvalue weighted by atomic mass is 32.1. The lowest BCUT2D eigenvalue weighted by Crippen LogP contribution is -2.54. The molecule has 4 aliphatic rings.